The molecule has 3 N–H and O–H groups in total. The summed E-state index contributed by atoms with van der Waals surface area (Å²) in [5.74, 6) is -1.42. The number of rotatable bonds is 9. The molecule has 0 spiro atoms. The van der Waals surface area contributed by atoms with Gasteiger partial charge in [-0.05, 0) is 43.4 Å². The maximum Gasteiger partial charge on any atom is 0.475 e. The molecule has 1 aromatic rings. The van der Waals surface area contributed by atoms with Crippen molar-refractivity contribution in [1.82, 2.24) is 5.32 Å². The SMILES string of the molecule is Cc1ccc(N2CCC2C(=O)CCC(=O)NC(CC(C)C)B(O)O)c(F)c1. The van der Waals surface area contributed by atoms with Crippen molar-refractivity contribution in [1.29, 1.82) is 0 Å². The quantitative estimate of drug-likeness (QED) is 0.568. The van der Waals surface area contributed by atoms with Gasteiger partial charge in [-0.3, -0.25) is 9.59 Å². The van der Waals surface area contributed by atoms with Gasteiger partial charge in [0.15, 0.2) is 5.78 Å². The Morgan fingerprint density at radius 2 is 2.04 bits per heavy atom. The molecule has 1 heterocycles. The minimum Gasteiger partial charge on any atom is -0.426 e. The van der Waals surface area contributed by atoms with Crippen LogP contribution in [-0.2, 0) is 9.59 Å². The van der Waals surface area contributed by atoms with Crippen molar-refractivity contribution < 1.29 is 24.0 Å². The van der Waals surface area contributed by atoms with Crippen LogP contribution in [-0.4, -0.2) is 47.4 Å². The molecule has 0 saturated carbocycles. The minimum absolute atomic E-state index is 0.0269. The third-order valence-corrected chi connectivity index (χ3v) is 4.83. The molecule has 1 amide bonds. The average molecular weight is 378 g/mol. The molecule has 2 rings (SSSR count). The van der Waals surface area contributed by atoms with Crippen LogP contribution in [0.1, 0.15) is 45.1 Å². The molecular formula is C19H28BFN2O4. The Labute approximate surface area is 159 Å². The van der Waals surface area contributed by atoms with Gasteiger partial charge in [-0.15, -0.1) is 0 Å². The second-order valence-corrected chi connectivity index (χ2v) is 7.64. The number of anilines is 1. The fraction of sp³-hybridized carbons (Fsp3) is 0.579. The number of hydrogen-bond donors (Lipinski definition) is 3. The van der Waals surface area contributed by atoms with Gasteiger partial charge in [-0.2, -0.15) is 0 Å². The molecule has 8 heteroatoms. The number of carbonyl (C=O) groups is 2. The highest BCUT2D eigenvalue weighted by Gasteiger charge is 2.35. The first kappa shape index (κ1) is 21.4. The summed E-state index contributed by atoms with van der Waals surface area (Å²) in [6.07, 6.45) is 1.08. The van der Waals surface area contributed by atoms with Gasteiger partial charge in [-0.1, -0.05) is 19.9 Å². The van der Waals surface area contributed by atoms with E-state index in [1.807, 2.05) is 13.8 Å². The van der Waals surface area contributed by atoms with Crippen molar-refractivity contribution in [2.45, 2.75) is 58.4 Å². The molecule has 0 bridgehead atoms. The predicted molar refractivity (Wildman–Crippen MR) is 103 cm³/mol. The van der Waals surface area contributed by atoms with Gasteiger partial charge in [0, 0.05) is 19.4 Å². The Kier molecular flexibility index (Phi) is 7.38. The smallest absolute Gasteiger partial charge is 0.426 e. The van der Waals surface area contributed by atoms with Crippen LogP contribution in [0.5, 0.6) is 0 Å². The number of carbonyl (C=O) groups excluding carboxylic acids is 2. The lowest BCUT2D eigenvalue weighted by Gasteiger charge is -2.42. The van der Waals surface area contributed by atoms with E-state index in [-0.39, 0.29) is 30.4 Å². The molecule has 1 fully saturated rings. The topological polar surface area (TPSA) is 89.9 Å². The minimum atomic E-state index is -1.64. The molecule has 2 unspecified atom stereocenters. The largest absolute Gasteiger partial charge is 0.475 e. The van der Waals surface area contributed by atoms with E-state index in [0.29, 0.717) is 25.1 Å². The van der Waals surface area contributed by atoms with E-state index in [2.05, 4.69) is 5.32 Å². The monoisotopic (exact) mass is 378 g/mol. The molecule has 148 valence electrons. The van der Waals surface area contributed by atoms with Crippen LogP contribution < -0.4 is 10.2 Å². The number of ketones is 1. The van der Waals surface area contributed by atoms with Gasteiger partial charge in [0.2, 0.25) is 5.91 Å². The van der Waals surface area contributed by atoms with Gasteiger partial charge in [0.05, 0.1) is 17.7 Å². The van der Waals surface area contributed by atoms with Gasteiger partial charge < -0.3 is 20.3 Å². The third kappa shape index (κ3) is 5.77. The number of benzene rings is 1. The average Bonchev–Trinajstić information content (AvgIpc) is 2.53. The van der Waals surface area contributed by atoms with E-state index in [1.165, 1.54) is 6.07 Å². The zero-order valence-electron chi connectivity index (χ0n) is 16.1. The normalized spacial score (nSPS) is 17.4. The van der Waals surface area contributed by atoms with E-state index in [9.17, 15) is 24.0 Å². The van der Waals surface area contributed by atoms with Gasteiger partial charge >= 0.3 is 7.12 Å². The van der Waals surface area contributed by atoms with Crippen LogP contribution in [0.3, 0.4) is 0 Å². The van der Waals surface area contributed by atoms with Gasteiger partial charge in [0.25, 0.3) is 0 Å². The summed E-state index contributed by atoms with van der Waals surface area (Å²) in [4.78, 5) is 26.2. The first-order valence-corrected chi connectivity index (χ1v) is 9.40. The fourth-order valence-corrected chi connectivity index (χ4v) is 3.30. The van der Waals surface area contributed by atoms with Crippen LogP contribution in [0.25, 0.3) is 0 Å². The standard InChI is InChI=1S/C19H28BFN2O4/c1-12(2)10-18(20(26)27)22-19(25)7-6-17(24)16-8-9-23(16)15-5-4-13(3)11-14(15)21/h4-5,11-12,16,18,26-27H,6-10H2,1-3H3,(H,22,25). The fourth-order valence-electron chi connectivity index (χ4n) is 3.30. The van der Waals surface area contributed by atoms with E-state index in [0.717, 1.165) is 5.56 Å². The van der Waals surface area contributed by atoms with Gasteiger partial charge in [0.1, 0.15) is 5.82 Å². The number of halogens is 1. The Morgan fingerprint density at radius 3 is 2.56 bits per heavy atom. The molecular weight excluding hydrogens is 350 g/mol. The van der Waals surface area contributed by atoms with Crippen LogP contribution in [0.2, 0.25) is 0 Å². The van der Waals surface area contributed by atoms with Crippen LogP contribution in [0, 0.1) is 18.7 Å². The molecule has 1 aromatic carbocycles. The summed E-state index contributed by atoms with van der Waals surface area (Å²) in [7, 11) is -1.64. The number of aryl methyl sites for hydroxylation is 1. The molecule has 1 saturated heterocycles. The second-order valence-electron chi connectivity index (χ2n) is 7.64. The summed E-state index contributed by atoms with van der Waals surface area (Å²) in [6, 6.07) is 4.51. The second kappa shape index (κ2) is 9.33. The van der Waals surface area contributed by atoms with E-state index in [1.54, 1.807) is 24.0 Å². The maximum atomic E-state index is 14.1. The highest BCUT2D eigenvalue weighted by Crippen LogP contribution is 2.30. The first-order valence-electron chi connectivity index (χ1n) is 9.40. The lowest BCUT2D eigenvalue weighted by atomic mass is 9.75. The zero-order chi connectivity index (χ0) is 20.1. The van der Waals surface area contributed by atoms with Crippen molar-refractivity contribution in [3.05, 3.63) is 29.6 Å². The molecule has 27 heavy (non-hydrogen) atoms. The summed E-state index contributed by atoms with van der Waals surface area (Å²) in [6.45, 7) is 6.25. The van der Waals surface area contributed by atoms with Crippen molar-refractivity contribution in [2.75, 3.05) is 11.4 Å². The van der Waals surface area contributed by atoms with Crippen molar-refractivity contribution in [2.24, 2.45) is 5.92 Å². The number of nitrogens with one attached hydrogen (secondary N) is 1. The summed E-state index contributed by atoms with van der Waals surface area (Å²) in [5, 5.41) is 21.3. The Balaban J connectivity index is 1.87. The highest BCUT2D eigenvalue weighted by molar-refractivity contribution is 6.43. The first-order chi connectivity index (χ1) is 12.7. The summed E-state index contributed by atoms with van der Waals surface area (Å²) < 4.78 is 14.1. The Morgan fingerprint density at radius 1 is 1.33 bits per heavy atom. The molecule has 0 aliphatic carbocycles. The molecule has 0 radical (unpaired) electrons. The van der Waals surface area contributed by atoms with Crippen molar-refractivity contribution in [3.8, 4) is 0 Å². The Bertz CT molecular complexity index is 684. The zero-order valence-corrected chi connectivity index (χ0v) is 16.1. The van der Waals surface area contributed by atoms with Crippen LogP contribution in [0.15, 0.2) is 18.2 Å². The van der Waals surface area contributed by atoms with Crippen LogP contribution >= 0.6 is 0 Å². The predicted octanol–water partition coefficient (Wildman–Crippen LogP) is 1.61. The molecule has 2 atom stereocenters. The van der Waals surface area contributed by atoms with Gasteiger partial charge in [-0.25, -0.2) is 4.39 Å². The lowest BCUT2D eigenvalue weighted by Crippen LogP contribution is -2.53. The van der Waals surface area contributed by atoms with Crippen molar-refractivity contribution >= 4 is 24.5 Å². The van der Waals surface area contributed by atoms with E-state index < -0.39 is 25.0 Å². The molecule has 0 aromatic heterocycles. The molecule has 1 aliphatic heterocycles. The van der Waals surface area contributed by atoms with E-state index in [4.69, 9.17) is 0 Å². The number of nitrogens with zero attached hydrogens (tertiary/aromatic N) is 1. The Hall–Kier alpha value is -1.93. The summed E-state index contributed by atoms with van der Waals surface area (Å²) in [5.41, 5.74) is 1.23. The third-order valence-electron chi connectivity index (χ3n) is 4.83. The van der Waals surface area contributed by atoms with Crippen molar-refractivity contribution in [3.63, 3.8) is 0 Å². The molecule has 6 nitrogen and oxygen atoms in total. The number of amides is 1. The maximum absolute atomic E-state index is 14.1. The number of hydrogen-bond acceptors (Lipinski definition) is 5. The highest BCUT2D eigenvalue weighted by atomic mass is 19.1. The van der Waals surface area contributed by atoms with Crippen LogP contribution in [0.4, 0.5) is 10.1 Å². The summed E-state index contributed by atoms with van der Waals surface area (Å²) >= 11 is 0. The van der Waals surface area contributed by atoms with E-state index >= 15 is 0 Å². The number of Topliss-reactive ketones (excluding diaryl/α,β-unsaturated/α-hetero) is 1. The molecule has 1 aliphatic rings. The lowest BCUT2D eigenvalue weighted by molar-refractivity contribution is -0.126.